The fourth-order valence-electron chi connectivity index (χ4n) is 8.45. The number of hydrogen-bond acceptors (Lipinski definition) is 10. The van der Waals surface area contributed by atoms with Gasteiger partial charge in [0.2, 0.25) is 17.7 Å². The van der Waals surface area contributed by atoms with Gasteiger partial charge in [0, 0.05) is 12.0 Å². The lowest BCUT2D eigenvalue weighted by Gasteiger charge is -2.41. The Morgan fingerprint density at radius 2 is 1.23 bits per heavy atom. The van der Waals surface area contributed by atoms with Gasteiger partial charge in [0.15, 0.2) is 18.1 Å². The minimum absolute atomic E-state index is 0.00753. The molecule has 2 fully saturated rings. The lowest BCUT2D eigenvalue weighted by atomic mass is 9.93. The van der Waals surface area contributed by atoms with Crippen LogP contribution in [-0.4, -0.2) is 115 Å². The highest BCUT2D eigenvalue weighted by Crippen LogP contribution is 2.30. The monoisotopic (exact) mass is 953 g/mol. The predicted octanol–water partition coefficient (Wildman–Crippen LogP) is 5.45. The van der Waals surface area contributed by atoms with Crippen molar-refractivity contribution in [2.75, 3.05) is 39.5 Å². The molecule has 15 nitrogen and oxygen atoms in total. The average Bonchev–Trinajstić information content (AvgIpc) is 4.05. The van der Waals surface area contributed by atoms with Crippen LogP contribution in [-0.2, 0) is 57.6 Å². The number of carbonyl (C=O) groups is 7. The van der Waals surface area contributed by atoms with Gasteiger partial charge in [-0.05, 0) is 101 Å². The largest absolute Gasteiger partial charge is 0.425 e. The molecule has 5 atom stereocenters. The zero-order valence-electron chi connectivity index (χ0n) is 42.0. The molecule has 15 heteroatoms. The number of carbonyl (C=O) groups excluding carboxylic acids is 7. The second-order valence-electron chi connectivity index (χ2n) is 20.9. The maximum absolute atomic E-state index is 14.5. The topological polar surface area (TPSA) is 199 Å². The number of epoxide rings is 1. The minimum atomic E-state index is -1.09. The van der Waals surface area contributed by atoms with E-state index < -0.39 is 58.9 Å². The normalized spacial score (nSPS) is 18.2. The Kier molecular flexibility index (Phi) is 19.0. The Morgan fingerprint density at radius 1 is 0.696 bits per heavy atom. The van der Waals surface area contributed by atoms with Crippen molar-refractivity contribution in [2.24, 2.45) is 17.3 Å². The number of rotatable bonds is 24. The third-order valence-electron chi connectivity index (χ3n) is 12.6. The molecule has 2 saturated heterocycles. The van der Waals surface area contributed by atoms with Gasteiger partial charge in [-0.2, -0.15) is 0 Å². The number of benzene rings is 3. The molecule has 0 aromatic heterocycles. The maximum Gasteiger partial charge on any atom is 0.316 e. The lowest BCUT2D eigenvalue weighted by Crippen LogP contribution is -2.61. The fraction of sp³-hybridized carbons (Fsp3) is 0.537. The number of morpholine rings is 1. The Labute approximate surface area is 407 Å². The van der Waals surface area contributed by atoms with Gasteiger partial charge >= 0.3 is 5.97 Å². The van der Waals surface area contributed by atoms with Crippen LogP contribution in [0.4, 0.5) is 0 Å². The molecule has 0 aliphatic carbocycles. The standard InChI is InChI=1S/C54H73N5O10/c1-35(2)28-43(48(62)54(9)34-68-54)56-51(65)45(31-39-18-14-11-15-19-39)58-50(64)44(29-36(3)4)57-49(63)42(22-20-38-16-12-10-13-17-38)55-47(61)33-59(24-26-67-27-25-59)32-40-21-23-46(41(30-40)37(5)60)69-52(66)53(6,7)8/h10-19,21,23,30,35-36,42-45H,20,22,24-29,31-34H2,1-9H3,(H3-,55,56,57,58,61,63,64,65)/p+1/t42-,43-,44-,45-,54+/m0/s1. The number of quaternary nitrogens is 1. The van der Waals surface area contributed by atoms with Gasteiger partial charge in [-0.3, -0.25) is 33.6 Å². The Hall–Kier alpha value is -5.77. The first-order valence-electron chi connectivity index (χ1n) is 24.3. The molecule has 2 aliphatic rings. The Balaban J connectivity index is 1.37. The molecular formula is C54H74N5O10+. The summed E-state index contributed by atoms with van der Waals surface area (Å²) in [5.41, 5.74) is 1.02. The SMILES string of the molecule is CC(=O)c1cc(C[N+]2(CC(=O)N[C@@H](CCc3ccccc3)C(=O)N[C@@H](CC(C)C)C(=O)N[C@@H](Cc3ccccc3)C(=O)N[C@@H](CC(C)C)C(=O)[C@@]3(C)CO3)CCOCC2)ccc1OC(=O)C(C)(C)C. The molecule has 374 valence electrons. The van der Waals surface area contributed by atoms with Gasteiger partial charge in [-0.15, -0.1) is 0 Å². The van der Waals surface area contributed by atoms with Crippen LogP contribution in [0.2, 0.25) is 0 Å². The lowest BCUT2D eigenvalue weighted by molar-refractivity contribution is -0.940. The molecule has 2 heterocycles. The second kappa shape index (κ2) is 24.2. The molecule has 0 spiro atoms. The van der Waals surface area contributed by atoms with Crippen LogP contribution >= 0.6 is 0 Å². The molecule has 0 saturated carbocycles. The number of aryl methyl sites for hydroxylation is 1. The first-order chi connectivity index (χ1) is 32.6. The van der Waals surface area contributed by atoms with Crippen molar-refractivity contribution in [2.45, 2.75) is 131 Å². The maximum atomic E-state index is 14.5. The highest BCUT2D eigenvalue weighted by atomic mass is 16.6. The van der Waals surface area contributed by atoms with Crippen LogP contribution in [0.25, 0.3) is 0 Å². The minimum Gasteiger partial charge on any atom is -0.425 e. The molecule has 0 radical (unpaired) electrons. The molecule has 5 rings (SSSR count). The van der Waals surface area contributed by atoms with Gasteiger partial charge in [0.25, 0.3) is 5.91 Å². The first kappa shape index (κ1) is 54.2. The van der Waals surface area contributed by atoms with Gasteiger partial charge < -0.3 is 40.0 Å². The van der Waals surface area contributed by atoms with E-state index in [2.05, 4.69) is 21.3 Å². The van der Waals surface area contributed by atoms with E-state index in [0.717, 1.165) is 16.7 Å². The number of ketones is 2. The van der Waals surface area contributed by atoms with Crippen LogP contribution in [0, 0.1) is 17.3 Å². The van der Waals surface area contributed by atoms with E-state index in [1.165, 1.54) is 6.92 Å². The zero-order chi connectivity index (χ0) is 50.5. The van der Waals surface area contributed by atoms with E-state index in [1.807, 2.05) is 88.4 Å². The van der Waals surface area contributed by atoms with Crippen LogP contribution < -0.4 is 26.0 Å². The average molecular weight is 953 g/mol. The predicted molar refractivity (Wildman–Crippen MR) is 262 cm³/mol. The van der Waals surface area contributed by atoms with Gasteiger partial charge in [-0.25, -0.2) is 0 Å². The fourth-order valence-corrected chi connectivity index (χ4v) is 8.45. The molecule has 3 aromatic rings. The van der Waals surface area contributed by atoms with E-state index in [1.54, 1.807) is 45.9 Å². The summed E-state index contributed by atoms with van der Waals surface area (Å²) >= 11 is 0. The smallest absolute Gasteiger partial charge is 0.316 e. The van der Waals surface area contributed by atoms with Crippen molar-refractivity contribution in [3.05, 3.63) is 101 Å². The highest BCUT2D eigenvalue weighted by Gasteiger charge is 2.50. The summed E-state index contributed by atoms with van der Waals surface area (Å²) in [5, 5.41) is 11.8. The van der Waals surface area contributed by atoms with Crippen molar-refractivity contribution < 1.29 is 52.3 Å². The van der Waals surface area contributed by atoms with Gasteiger partial charge in [0.05, 0.1) is 36.8 Å². The molecule has 2 aliphatic heterocycles. The quantitative estimate of drug-likeness (QED) is 0.0295. The first-order valence-corrected chi connectivity index (χ1v) is 24.3. The molecule has 0 unspecified atom stereocenters. The molecule has 3 aromatic carbocycles. The van der Waals surface area contributed by atoms with Crippen LogP contribution in [0.15, 0.2) is 78.9 Å². The number of Topliss-reactive ketones (excluding diaryl/α,β-unsaturated/α-hetero) is 2. The Morgan fingerprint density at radius 3 is 1.80 bits per heavy atom. The molecule has 0 bridgehead atoms. The molecule has 4 amide bonds. The van der Waals surface area contributed by atoms with Crippen LogP contribution in [0.5, 0.6) is 5.75 Å². The van der Waals surface area contributed by atoms with E-state index in [0.29, 0.717) is 45.7 Å². The third kappa shape index (κ3) is 16.4. The van der Waals surface area contributed by atoms with E-state index in [4.69, 9.17) is 14.2 Å². The van der Waals surface area contributed by atoms with E-state index >= 15 is 0 Å². The van der Waals surface area contributed by atoms with E-state index in [-0.39, 0.29) is 77.5 Å². The zero-order valence-corrected chi connectivity index (χ0v) is 42.0. The van der Waals surface area contributed by atoms with Crippen molar-refractivity contribution in [1.82, 2.24) is 21.3 Å². The number of amides is 4. The van der Waals surface area contributed by atoms with Crippen LogP contribution in [0.3, 0.4) is 0 Å². The summed E-state index contributed by atoms with van der Waals surface area (Å²) in [6.07, 6.45) is 1.42. The summed E-state index contributed by atoms with van der Waals surface area (Å²) in [6.45, 7) is 18.5. The summed E-state index contributed by atoms with van der Waals surface area (Å²) in [5.74, 6) is -2.81. The van der Waals surface area contributed by atoms with Crippen molar-refractivity contribution in [3.63, 3.8) is 0 Å². The van der Waals surface area contributed by atoms with E-state index in [9.17, 15) is 33.6 Å². The van der Waals surface area contributed by atoms with Crippen molar-refractivity contribution in [1.29, 1.82) is 0 Å². The third-order valence-corrected chi connectivity index (χ3v) is 12.6. The molecule has 69 heavy (non-hydrogen) atoms. The summed E-state index contributed by atoms with van der Waals surface area (Å²) in [7, 11) is 0. The number of nitrogens with zero attached hydrogens (tertiary/aromatic N) is 1. The summed E-state index contributed by atoms with van der Waals surface area (Å²) in [4.78, 5) is 96.6. The van der Waals surface area contributed by atoms with Gasteiger partial charge in [0.1, 0.15) is 49.1 Å². The number of ether oxygens (including phenoxy) is 3. The second-order valence-corrected chi connectivity index (χ2v) is 20.9. The van der Waals surface area contributed by atoms with Gasteiger partial charge in [-0.1, -0.05) is 88.4 Å². The number of nitrogens with one attached hydrogen (secondary N) is 4. The Bertz CT molecular complexity index is 2270. The highest BCUT2D eigenvalue weighted by molar-refractivity contribution is 5.99. The summed E-state index contributed by atoms with van der Waals surface area (Å²) < 4.78 is 17.1. The van der Waals surface area contributed by atoms with Crippen molar-refractivity contribution >= 4 is 41.2 Å². The number of hydrogen-bond donors (Lipinski definition) is 4. The number of esters is 1. The van der Waals surface area contributed by atoms with Crippen LogP contribution in [0.1, 0.15) is 109 Å². The molecular weight excluding hydrogens is 879 g/mol. The molecule has 4 N–H and O–H groups in total. The summed E-state index contributed by atoms with van der Waals surface area (Å²) in [6, 6.07) is 19.9. The van der Waals surface area contributed by atoms with Crippen molar-refractivity contribution in [3.8, 4) is 5.75 Å².